The Hall–Kier alpha value is -1.66. The van der Waals surface area contributed by atoms with Gasteiger partial charge >= 0.3 is 0 Å². The van der Waals surface area contributed by atoms with E-state index < -0.39 is 0 Å². The maximum absolute atomic E-state index is 5.68. The van der Waals surface area contributed by atoms with Gasteiger partial charge in [0.1, 0.15) is 5.66 Å². The Morgan fingerprint density at radius 2 is 1.55 bits per heavy atom. The van der Waals surface area contributed by atoms with Crippen molar-refractivity contribution in [2.45, 2.75) is 157 Å². The lowest BCUT2D eigenvalue weighted by molar-refractivity contribution is 0.0414. The zero-order valence-corrected chi connectivity index (χ0v) is 31.3. The minimum absolute atomic E-state index is 0.0961. The monoisotopic (exact) mass is 621 g/mol. The van der Waals surface area contributed by atoms with Gasteiger partial charge in [0.05, 0.1) is 17.5 Å². The van der Waals surface area contributed by atoms with Gasteiger partial charge in [-0.3, -0.25) is 4.99 Å². The summed E-state index contributed by atoms with van der Waals surface area (Å²) in [6, 6.07) is 9.59. The minimum Gasteiger partial charge on any atom is -0.339 e. The van der Waals surface area contributed by atoms with Crippen LogP contribution in [0.4, 0.5) is 0 Å². The largest absolute Gasteiger partial charge is 0.339 e. The van der Waals surface area contributed by atoms with Gasteiger partial charge in [-0.15, -0.1) is 9.24 Å². The third-order valence-electron chi connectivity index (χ3n) is 10.1. The van der Waals surface area contributed by atoms with Crippen LogP contribution in [0.2, 0.25) is 0 Å². The standard InChI is InChI=1S/C34H52N2.C5H11P.C2H6/c1-24(2)13-18-33(31-16-14-29(15-17-31)25(3)4)36-27(7)32(23-28-11-9-8-10-12-28)35-34(36)21-19-30(20-22-34)26(5)6;1-3-4-5(2)6;1-2/h14-17,24,26,28,30,33H,3,7-13,18-23H2,1-2,4-6H3;2-4,6H2,1H3;1-2H3. The van der Waals surface area contributed by atoms with E-state index in [2.05, 4.69) is 93.1 Å². The van der Waals surface area contributed by atoms with Crippen molar-refractivity contribution in [3.63, 3.8) is 0 Å². The van der Waals surface area contributed by atoms with Crippen molar-refractivity contribution < 1.29 is 0 Å². The highest BCUT2D eigenvalue weighted by Gasteiger charge is 2.49. The Balaban J connectivity index is 0.000000755. The van der Waals surface area contributed by atoms with Gasteiger partial charge in [0.2, 0.25) is 0 Å². The van der Waals surface area contributed by atoms with Crippen LogP contribution in [0.1, 0.15) is 162 Å². The van der Waals surface area contributed by atoms with Gasteiger partial charge in [0, 0.05) is 0 Å². The topological polar surface area (TPSA) is 15.6 Å². The maximum Gasteiger partial charge on any atom is 0.132 e. The third kappa shape index (κ3) is 11.0. The summed E-state index contributed by atoms with van der Waals surface area (Å²) < 4.78 is 0. The van der Waals surface area contributed by atoms with Crippen LogP contribution in [-0.4, -0.2) is 16.3 Å². The first-order valence-electron chi connectivity index (χ1n) is 18.2. The van der Waals surface area contributed by atoms with Gasteiger partial charge in [-0.1, -0.05) is 142 Å². The summed E-state index contributed by atoms with van der Waals surface area (Å²) in [5.74, 6) is 3.07. The zero-order valence-electron chi connectivity index (χ0n) is 30.2. The van der Waals surface area contributed by atoms with E-state index in [1.165, 1.54) is 98.5 Å². The molecule has 1 aromatic carbocycles. The Morgan fingerprint density at radius 3 is 2.00 bits per heavy atom. The molecule has 44 heavy (non-hydrogen) atoms. The Labute approximate surface area is 276 Å². The summed E-state index contributed by atoms with van der Waals surface area (Å²) in [5.41, 5.74) is 6.26. The molecule has 1 aliphatic heterocycles. The predicted octanol–water partition coefficient (Wildman–Crippen LogP) is 13.2. The fourth-order valence-electron chi connectivity index (χ4n) is 7.43. The SMILES string of the molecule is C=C(C)c1ccc(C(CCC(C)C)N2C(=C)C(CC3CCCCC3)=NC23CCC(C(C)C)CC3)cc1.C=C(P)CCC.CC. The van der Waals surface area contributed by atoms with E-state index in [-0.39, 0.29) is 5.66 Å². The Bertz CT molecular complexity index is 1050. The maximum atomic E-state index is 5.68. The summed E-state index contributed by atoms with van der Waals surface area (Å²) in [5, 5.41) is 1.21. The number of allylic oxidation sites excluding steroid dienone is 3. The average molecular weight is 621 g/mol. The first-order chi connectivity index (χ1) is 21.0. The molecule has 2 atom stereocenters. The fraction of sp³-hybridized carbons (Fsp3) is 0.683. The number of rotatable bonds is 11. The van der Waals surface area contributed by atoms with E-state index in [0.717, 1.165) is 42.6 Å². The Kier molecular flexibility index (Phi) is 16.7. The lowest BCUT2D eigenvalue weighted by Crippen LogP contribution is -2.48. The second-order valence-electron chi connectivity index (χ2n) is 14.4. The second-order valence-corrected chi connectivity index (χ2v) is 15.3. The van der Waals surface area contributed by atoms with Crippen LogP contribution in [0.5, 0.6) is 0 Å². The number of aliphatic imine (C=N–C) groups is 1. The molecule has 1 aromatic rings. The van der Waals surface area contributed by atoms with Gasteiger partial charge in [0.25, 0.3) is 0 Å². The van der Waals surface area contributed by atoms with Crippen LogP contribution in [0.25, 0.3) is 5.57 Å². The highest BCUT2D eigenvalue weighted by atomic mass is 31.0. The number of benzene rings is 1. The molecule has 2 saturated carbocycles. The highest BCUT2D eigenvalue weighted by Crippen LogP contribution is 2.50. The third-order valence-corrected chi connectivity index (χ3v) is 10.4. The van der Waals surface area contributed by atoms with Crippen molar-refractivity contribution in [2.75, 3.05) is 0 Å². The van der Waals surface area contributed by atoms with Crippen molar-refractivity contribution in [3.8, 4) is 0 Å². The molecule has 3 heteroatoms. The Morgan fingerprint density at radius 1 is 0.955 bits per heavy atom. The lowest BCUT2D eigenvalue weighted by atomic mass is 9.75. The van der Waals surface area contributed by atoms with E-state index in [4.69, 9.17) is 11.6 Å². The normalized spacial score (nSPS) is 22.7. The molecule has 3 aliphatic rings. The molecule has 4 rings (SSSR count). The van der Waals surface area contributed by atoms with E-state index in [0.29, 0.717) is 12.0 Å². The molecule has 1 spiro atoms. The lowest BCUT2D eigenvalue weighted by Gasteiger charge is -2.48. The van der Waals surface area contributed by atoms with Crippen molar-refractivity contribution in [3.05, 3.63) is 66.1 Å². The van der Waals surface area contributed by atoms with E-state index in [1.54, 1.807) is 0 Å². The van der Waals surface area contributed by atoms with Gasteiger partial charge in [0.15, 0.2) is 0 Å². The molecule has 0 saturated heterocycles. The molecule has 0 bridgehead atoms. The van der Waals surface area contributed by atoms with E-state index >= 15 is 0 Å². The molecular weight excluding hydrogens is 551 g/mol. The quantitative estimate of drug-likeness (QED) is 0.225. The first kappa shape index (κ1) is 38.5. The average Bonchev–Trinajstić information content (AvgIpc) is 3.25. The smallest absolute Gasteiger partial charge is 0.132 e. The minimum atomic E-state index is -0.0961. The van der Waals surface area contributed by atoms with Crippen molar-refractivity contribution in [1.82, 2.24) is 4.90 Å². The number of hydrogen-bond acceptors (Lipinski definition) is 2. The van der Waals surface area contributed by atoms with E-state index in [9.17, 15) is 0 Å². The van der Waals surface area contributed by atoms with Crippen molar-refractivity contribution in [2.24, 2.45) is 28.7 Å². The summed E-state index contributed by atoms with van der Waals surface area (Å²) in [7, 11) is 2.58. The molecule has 248 valence electrons. The van der Waals surface area contributed by atoms with E-state index in [1.807, 2.05) is 13.8 Å². The molecule has 1 heterocycles. The predicted molar refractivity (Wildman–Crippen MR) is 202 cm³/mol. The molecule has 0 aromatic heterocycles. The molecule has 2 aliphatic carbocycles. The number of hydrogen-bond donors (Lipinski definition) is 0. The zero-order chi connectivity index (χ0) is 32.9. The van der Waals surface area contributed by atoms with Crippen LogP contribution in [-0.2, 0) is 0 Å². The molecule has 2 unspecified atom stereocenters. The van der Waals surface area contributed by atoms with Gasteiger partial charge in [-0.25, -0.2) is 0 Å². The summed E-state index contributed by atoms with van der Waals surface area (Å²) in [4.78, 5) is 8.41. The second kappa shape index (κ2) is 19.1. The van der Waals surface area contributed by atoms with Crippen molar-refractivity contribution >= 4 is 20.5 Å². The van der Waals surface area contributed by atoms with Crippen LogP contribution in [0.3, 0.4) is 0 Å². The molecular formula is C41H69N2P. The first-order valence-corrected chi connectivity index (χ1v) is 18.8. The molecule has 2 nitrogen and oxygen atoms in total. The fourth-order valence-corrected chi connectivity index (χ4v) is 7.72. The summed E-state index contributed by atoms with van der Waals surface area (Å²) in [6.45, 7) is 30.4. The van der Waals surface area contributed by atoms with Gasteiger partial charge in [-0.05, 0) is 93.1 Å². The van der Waals surface area contributed by atoms with Crippen LogP contribution in [0, 0.1) is 23.7 Å². The molecule has 0 radical (unpaired) electrons. The summed E-state index contributed by atoms with van der Waals surface area (Å²) >= 11 is 0. The van der Waals surface area contributed by atoms with Gasteiger partial charge in [-0.2, -0.15) is 0 Å². The highest BCUT2D eigenvalue weighted by molar-refractivity contribution is 7.22. The van der Waals surface area contributed by atoms with Crippen LogP contribution in [0.15, 0.2) is 60.0 Å². The van der Waals surface area contributed by atoms with Crippen LogP contribution >= 0.6 is 9.24 Å². The van der Waals surface area contributed by atoms with Crippen molar-refractivity contribution in [1.29, 1.82) is 0 Å². The molecule has 0 N–H and O–H groups in total. The number of nitrogens with zero attached hydrogens (tertiary/aromatic N) is 2. The molecule has 2 fully saturated rings. The summed E-state index contributed by atoms with van der Waals surface area (Å²) in [6.07, 6.45) is 17.7. The van der Waals surface area contributed by atoms with Gasteiger partial charge < -0.3 is 4.90 Å². The van der Waals surface area contributed by atoms with Crippen LogP contribution < -0.4 is 0 Å². The molecule has 0 amide bonds.